The number of ether oxygens (including phenoxy) is 2. The van der Waals surface area contributed by atoms with Crippen LogP contribution in [0.5, 0.6) is 11.5 Å². The van der Waals surface area contributed by atoms with Crippen LogP contribution >= 0.6 is 0 Å². The molecule has 5 rings (SSSR count). The molecule has 1 amide bonds. The summed E-state index contributed by atoms with van der Waals surface area (Å²) in [7, 11) is 1.56. The number of fused-ring (bicyclic) bond motifs is 1. The zero-order valence-corrected chi connectivity index (χ0v) is 21.2. The molecule has 0 bridgehead atoms. The van der Waals surface area contributed by atoms with Crippen LogP contribution in [-0.2, 0) is 16.0 Å². The number of benzene rings is 3. The van der Waals surface area contributed by atoms with Crippen molar-refractivity contribution in [2.24, 2.45) is 0 Å². The van der Waals surface area contributed by atoms with Gasteiger partial charge in [-0.15, -0.1) is 0 Å². The maximum atomic E-state index is 13.5. The molecule has 2 aliphatic rings. The van der Waals surface area contributed by atoms with Crippen LogP contribution in [-0.4, -0.2) is 43.6 Å². The van der Waals surface area contributed by atoms with Crippen molar-refractivity contribution in [3.05, 3.63) is 89.0 Å². The van der Waals surface area contributed by atoms with Crippen LogP contribution in [0.25, 0.3) is 5.76 Å². The molecule has 1 N–H and O–H groups in total. The summed E-state index contributed by atoms with van der Waals surface area (Å²) in [6.07, 6.45) is 0.725. The Morgan fingerprint density at radius 1 is 1.05 bits per heavy atom. The molecule has 2 aliphatic heterocycles. The highest BCUT2D eigenvalue weighted by molar-refractivity contribution is 6.51. The first-order valence-corrected chi connectivity index (χ1v) is 12.5. The van der Waals surface area contributed by atoms with E-state index in [1.54, 1.807) is 31.4 Å². The molecule has 1 atom stereocenters. The van der Waals surface area contributed by atoms with Crippen molar-refractivity contribution < 1.29 is 24.2 Å². The Balaban J connectivity index is 1.65. The van der Waals surface area contributed by atoms with Crippen LogP contribution < -0.4 is 19.3 Å². The quantitative estimate of drug-likeness (QED) is 0.277. The molecule has 3 aromatic carbocycles. The Hall–Kier alpha value is -4.26. The molecule has 37 heavy (non-hydrogen) atoms. The number of Topliss-reactive ketones (excluding diaryl/α,β-unsaturated/α-hetero) is 1. The van der Waals surface area contributed by atoms with Gasteiger partial charge >= 0.3 is 0 Å². The smallest absolute Gasteiger partial charge is 0.300 e. The third-order valence-corrected chi connectivity index (χ3v) is 7.07. The summed E-state index contributed by atoms with van der Waals surface area (Å²) < 4.78 is 11.0. The molecule has 0 saturated carbocycles. The zero-order chi connectivity index (χ0) is 26.1. The Morgan fingerprint density at radius 3 is 2.51 bits per heavy atom. The Morgan fingerprint density at radius 2 is 1.81 bits per heavy atom. The second kappa shape index (κ2) is 10.0. The SMILES string of the molecule is CCN(CC)c1ccc(N2C(=O)C(=O)/C(=C(\O)c3ccc4c(c3)CCO4)C2c2cccc(OC)c2)cc1. The van der Waals surface area contributed by atoms with Crippen LogP contribution in [0.4, 0.5) is 11.4 Å². The lowest BCUT2D eigenvalue weighted by molar-refractivity contribution is -0.132. The molecule has 0 spiro atoms. The summed E-state index contributed by atoms with van der Waals surface area (Å²) in [5.41, 5.74) is 3.76. The Bertz CT molecular complexity index is 1370. The van der Waals surface area contributed by atoms with Gasteiger partial charge < -0.3 is 19.5 Å². The van der Waals surface area contributed by atoms with Crippen molar-refractivity contribution in [3.8, 4) is 11.5 Å². The van der Waals surface area contributed by atoms with Gasteiger partial charge in [0.25, 0.3) is 11.7 Å². The third kappa shape index (κ3) is 4.31. The Labute approximate surface area is 216 Å². The molecule has 1 fully saturated rings. The normalized spacial score (nSPS) is 18.0. The molecular formula is C30H30N2O5. The van der Waals surface area contributed by atoms with E-state index < -0.39 is 17.7 Å². The van der Waals surface area contributed by atoms with E-state index in [0.717, 1.165) is 36.5 Å². The lowest BCUT2D eigenvalue weighted by atomic mass is 9.94. The highest BCUT2D eigenvalue weighted by atomic mass is 16.5. The Kier molecular flexibility index (Phi) is 6.61. The van der Waals surface area contributed by atoms with Crippen molar-refractivity contribution in [1.82, 2.24) is 0 Å². The standard InChI is InChI=1S/C30H30N2O5/c1-4-31(5-2)22-10-12-23(13-11-22)32-27(20-7-6-8-24(18-20)36-3)26(29(34)30(32)35)28(33)21-9-14-25-19(17-21)15-16-37-25/h6-14,17-18,27,33H,4-5,15-16H2,1-3H3/b28-26-. The zero-order valence-electron chi connectivity index (χ0n) is 21.2. The lowest BCUT2D eigenvalue weighted by Gasteiger charge is -2.27. The van der Waals surface area contributed by atoms with Gasteiger partial charge in [-0.05, 0) is 79.6 Å². The maximum absolute atomic E-state index is 13.5. The molecule has 0 radical (unpaired) electrons. The van der Waals surface area contributed by atoms with E-state index in [4.69, 9.17) is 9.47 Å². The predicted molar refractivity (Wildman–Crippen MR) is 143 cm³/mol. The number of anilines is 2. The number of methoxy groups -OCH3 is 1. The molecule has 2 heterocycles. The summed E-state index contributed by atoms with van der Waals surface area (Å²) >= 11 is 0. The fourth-order valence-electron chi connectivity index (χ4n) is 5.13. The van der Waals surface area contributed by atoms with Gasteiger partial charge in [-0.3, -0.25) is 14.5 Å². The largest absolute Gasteiger partial charge is 0.507 e. The van der Waals surface area contributed by atoms with E-state index >= 15 is 0 Å². The van der Waals surface area contributed by atoms with Crippen LogP contribution in [0.15, 0.2) is 72.3 Å². The number of rotatable bonds is 7. The summed E-state index contributed by atoms with van der Waals surface area (Å²) in [5.74, 6) is -0.253. The first-order valence-electron chi connectivity index (χ1n) is 12.5. The molecule has 3 aromatic rings. The summed E-state index contributed by atoms with van der Waals surface area (Å²) in [4.78, 5) is 30.6. The highest BCUT2D eigenvalue weighted by Gasteiger charge is 2.47. The minimum Gasteiger partial charge on any atom is -0.507 e. The third-order valence-electron chi connectivity index (χ3n) is 7.07. The summed E-state index contributed by atoms with van der Waals surface area (Å²) in [6.45, 7) is 6.47. The van der Waals surface area contributed by atoms with Crippen LogP contribution in [0.2, 0.25) is 0 Å². The fraction of sp³-hybridized carbons (Fsp3) is 0.267. The minimum atomic E-state index is -0.820. The average molecular weight is 499 g/mol. The monoisotopic (exact) mass is 498 g/mol. The number of ketones is 1. The van der Waals surface area contributed by atoms with E-state index in [1.165, 1.54) is 4.90 Å². The van der Waals surface area contributed by atoms with Crippen molar-refractivity contribution in [2.75, 3.05) is 36.6 Å². The van der Waals surface area contributed by atoms with E-state index in [9.17, 15) is 14.7 Å². The van der Waals surface area contributed by atoms with E-state index in [2.05, 4.69) is 18.7 Å². The number of nitrogens with zero attached hydrogens (tertiary/aromatic N) is 2. The van der Waals surface area contributed by atoms with Crippen molar-refractivity contribution in [2.45, 2.75) is 26.3 Å². The van der Waals surface area contributed by atoms with Crippen molar-refractivity contribution in [3.63, 3.8) is 0 Å². The number of hydrogen-bond donors (Lipinski definition) is 1. The van der Waals surface area contributed by atoms with Crippen LogP contribution in [0.1, 0.15) is 36.6 Å². The summed E-state index contributed by atoms with van der Waals surface area (Å²) in [6, 6.07) is 19.3. The molecule has 0 aliphatic carbocycles. The van der Waals surface area contributed by atoms with Gasteiger partial charge in [0.2, 0.25) is 0 Å². The van der Waals surface area contributed by atoms with Gasteiger partial charge in [0.05, 0.1) is 25.3 Å². The topological polar surface area (TPSA) is 79.3 Å². The average Bonchev–Trinajstić information content (AvgIpc) is 3.51. The first kappa shape index (κ1) is 24.4. The molecule has 7 nitrogen and oxygen atoms in total. The highest BCUT2D eigenvalue weighted by Crippen LogP contribution is 2.43. The van der Waals surface area contributed by atoms with Crippen molar-refractivity contribution in [1.29, 1.82) is 0 Å². The first-order chi connectivity index (χ1) is 18.0. The van der Waals surface area contributed by atoms with Crippen LogP contribution in [0, 0.1) is 0 Å². The van der Waals surface area contributed by atoms with Gasteiger partial charge in [0.1, 0.15) is 17.3 Å². The van der Waals surface area contributed by atoms with Crippen LogP contribution in [0.3, 0.4) is 0 Å². The number of carbonyl (C=O) groups excluding carboxylic acids is 2. The summed E-state index contributed by atoms with van der Waals surface area (Å²) in [5, 5.41) is 11.4. The van der Waals surface area contributed by atoms with E-state index in [1.807, 2.05) is 42.5 Å². The molecule has 1 unspecified atom stereocenters. The van der Waals surface area contributed by atoms with Gasteiger partial charge in [0, 0.05) is 36.4 Å². The predicted octanol–water partition coefficient (Wildman–Crippen LogP) is 5.10. The molecule has 190 valence electrons. The number of aliphatic hydroxyl groups is 1. The van der Waals surface area contributed by atoms with Gasteiger partial charge in [-0.1, -0.05) is 12.1 Å². The van der Waals surface area contributed by atoms with E-state index in [-0.39, 0.29) is 11.3 Å². The molecular weight excluding hydrogens is 468 g/mol. The number of hydrogen-bond acceptors (Lipinski definition) is 6. The minimum absolute atomic E-state index is 0.0462. The van der Waals surface area contributed by atoms with E-state index in [0.29, 0.717) is 29.2 Å². The second-order valence-corrected chi connectivity index (χ2v) is 9.06. The maximum Gasteiger partial charge on any atom is 0.300 e. The van der Waals surface area contributed by atoms with Gasteiger partial charge in [0.15, 0.2) is 0 Å². The number of amides is 1. The van der Waals surface area contributed by atoms with Gasteiger partial charge in [-0.2, -0.15) is 0 Å². The number of aliphatic hydroxyl groups excluding tert-OH is 1. The molecule has 0 aromatic heterocycles. The van der Waals surface area contributed by atoms with Gasteiger partial charge in [-0.25, -0.2) is 0 Å². The fourth-order valence-corrected chi connectivity index (χ4v) is 5.13. The lowest BCUT2D eigenvalue weighted by Crippen LogP contribution is -2.29. The molecule has 1 saturated heterocycles. The van der Waals surface area contributed by atoms with Crippen molar-refractivity contribution >= 4 is 28.8 Å². The molecule has 7 heteroatoms. The second-order valence-electron chi connectivity index (χ2n) is 9.06. The number of carbonyl (C=O) groups is 2.